The Morgan fingerprint density at radius 2 is 1.74 bits per heavy atom. The molecule has 0 radical (unpaired) electrons. The SMILES string of the molecule is COc1ccc(N2CCN(C(=O)NC3CC(=O)N(c4cccc(F)c4)C3)CC2)c(OC)c1OC. The zero-order valence-electron chi connectivity index (χ0n) is 19.5. The van der Waals surface area contributed by atoms with Crippen LogP contribution in [0.4, 0.5) is 20.6 Å². The Balaban J connectivity index is 1.35. The number of carbonyl (C=O) groups is 2. The van der Waals surface area contributed by atoms with E-state index in [4.69, 9.17) is 14.2 Å². The fourth-order valence-corrected chi connectivity index (χ4v) is 4.45. The summed E-state index contributed by atoms with van der Waals surface area (Å²) >= 11 is 0. The van der Waals surface area contributed by atoms with Gasteiger partial charge in [-0.2, -0.15) is 0 Å². The number of anilines is 2. The van der Waals surface area contributed by atoms with E-state index in [-0.39, 0.29) is 24.4 Å². The largest absolute Gasteiger partial charge is 0.493 e. The van der Waals surface area contributed by atoms with Gasteiger partial charge in [-0.3, -0.25) is 4.79 Å². The molecule has 182 valence electrons. The number of hydrogen-bond acceptors (Lipinski definition) is 6. The molecule has 2 saturated heterocycles. The maximum absolute atomic E-state index is 13.5. The number of urea groups is 1. The summed E-state index contributed by atoms with van der Waals surface area (Å²) in [4.78, 5) is 30.6. The molecular weight excluding hydrogens is 443 g/mol. The molecule has 1 N–H and O–H groups in total. The van der Waals surface area contributed by atoms with Gasteiger partial charge in [0.2, 0.25) is 11.7 Å². The first-order valence-electron chi connectivity index (χ1n) is 11.1. The third-order valence-corrected chi connectivity index (χ3v) is 6.16. The fraction of sp³-hybridized carbons (Fsp3) is 0.417. The van der Waals surface area contributed by atoms with Gasteiger partial charge in [0.15, 0.2) is 11.5 Å². The van der Waals surface area contributed by atoms with Crippen molar-refractivity contribution < 1.29 is 28.2 Å². The molecule has 34 heavy (non-hydrogen) atoms. The van der Waals surface area contributed by atoms with Crippen LogP contribution < -0.4 is 29.3 Å². The lowest BCUT2D eigenvalue weighted by Gasteiger charge is -2.37. The number of carbonyl (C=O) groups excluding carboxylic acids is 2. The van der Waals surface area contributed by atoms with Gasteiger partial charge in [-0.1, -0.05) is 6.07 Å². The van der Waals surface area contributed by atoms with Crippen molar-refractivity contribution in [2.45, 2.75) is 12.5 Å². The highest BCUT2D eigenvalue weighted by molar-refractivity contribution is 5.96. The first-order valence-corrected chi connectivity index (χ1v) is 11.1. The molecule has 0 aromatic heterocycles. The Bertz CT molecular complexity index is 1060. The van der Waals surface area contributed by atoms with Crippen molar-refractivity contribution >= 4 is 23.3 Å². The van der Waals surface area contributed by atoms with E-state index in [0.717, 1.165) is 5.69 Å². The number of ether oxygens (including phenoxy) is 3. The number of hydrogen-bond donors (Lipinski definition) is 1. The Morgan fingerprint density at radius 3 is 2.38 bits per heavy atom. The average molecular weight is 473 g/mol. The van der Waals surface area contributed by atoms with Crippen molar-refractivity contribution in [3.05, 3.63) is 42.2 Å². The topological polar surface area (TPSA) is 83.6 Å². The monoisotopic (exact) mass is 472 g/mol. The Kier molecular flexibility index (Phi) is 6.95. The summed E-state index contributed by atoms with van der Waals surface area (Å²) in [6.45, 7) is 2.56. The molecular formula is C24H29FN4O5. The van der Waals surface area contributed by atoms with E-state index < -0.39 is 5.82 Å². The molecule has 1 unspecified atom stereocenters. The minimum absolute atomic E-state index is 0.138. The first kappa shape index (κ1) is 23.5. The Morgan fingerprint density at radius 1 is 1.00 bits per heavy atom. The number of nitrogens with one attached hydrogen (secondary N) is 1. The number of amides is 3. The van der Waals surface area contributed by atoms with Crippen molar-refractivity contribution in [2.75, 3.05) is 63.9 Å². The second-order valence-corrected chi connectivity index (χ2v) is 8.16. The highest BCUT2D eigenvalue weighted by Crippen LogP contribution is 2.44. The minimum Gasteiger partial charge on any atom is -0.493 e. The summed E-state index contributed by atoms with van der Waals surface area (Å²) in [5, 5.41) is 2.95. The van der Waals surface area contributed by atoms with E-state index in [2.05, 4.69) is 10.2 Å². The summed E-state index contributed by atoms with van der Waals surface area (Å²) in [7, 11) is 4.72. The van der Waals surface area contributed by atoms with Crippen LogP contribution in [-0.2, 0) is 4.79 Å². The maximum atomic E-state index is 13.5. The predicted molar refractivity (Wildman–Crippen MR) is 126 cm³/mol. The molecule has 0 spiro atoms. The number of nitrogens with zero attached hydrogens (tertiary/aromatic N) is 3. The van der Waals surface area contributed by atoms with E-state index in [1.807, 2.05) is 12.1 Å². The Hall–Kier alpha value is -3.69. The number of rotatable bonds is 6. The number of halogens is 1. The molecule has 10 heteroatoms. The summed E-state index contributed by atoms with van der Waals surface area (Å²) < 4.78 is 30.0. The van der Waals surface area contributed by atoms with E-state index in [1.54, 1.807) is 38.4 Å². The molecule has 0 saturated carbocycles. The second kappa shape index (κ2) is 10.1. The van der Waals surface area contributed by atoms with Crippen LogP contribution in [0.3, 0.4) is 0 Å². The molecule has 2 aliphatic heterocycles. The second-order valence-electron chi connectivity index (χ2n) is 8.16. The molecule has 9 nitrogen and oxygen atoms in total. The van der Waals surface area contributed by atoms with Crippen molar-refractivity contribution in [2.24, 2.45) is 0 Å². The lowest BCUT2D eigenvalue weighted by molar-refractivity contribution is -0.117. The fourth-order valence-electron chi connectivity index (χ4n) is 4.45. The van der Waals surface area contributed by atoms with Gasteiger partial charge < -0.3 is 34.2 Å². The van der Waals surface area contributed by atoms with Gasteiger partial charge in [0.25, 0.3) is 0 Å². The zero-order valence-corrected chi connectivity index (χ0v) is 19.5. The van der Waals surface area contributed by atoms with Crippen LogP contribution in [0.5, 0.6) is 17.2 Å². The summed E-state index contributed by atoms with van der Waals surface area (Å²) in [6.07, 6.45) is 0.186. The minimum atomic E-state index is -0.401. The quantitative estimate of drug-likeness (QED) is 0.696. The van der Waals surface area contributed by atoms with Crippen LogP contribution in [-0.4, -0.2) is 76.9 Å². The highest BCUT2D eigenvalue weighted by atomic mass is 19.1. The number of methoxy groups -OCH3 is 3. The molecule has 3 amide bonds. The van der Waals surface area contributed by atoms with Crippen LogP contribution in [0.2, 0.25) is 0 Å². The van der Waals surface area contributed by atoms with E-state index in [0.29, 0.717) is 55.7 Å². The van der Waals surface area contributed by atoms with Crippen molar-refractivity contribution in [3.8, 4) is 17.2 Å². The van der Waals surface area contributed by atoms with Crippen molar-refractivity contribution in [1.82, 2.24) is 10.2 Å². The van der Waals surface area contributed by atoms with E-state index in [9.17, 15) is 14.0 Å². The predicted octanol–water partition coefficient (Wildman–Crippen LogP) is 2.49. The summed E-state index contributed by atoms with van der Waals surface area (Å²) in [5.74, 6) is 1.15. The summed E-state index contributed by atoms with van der Waals surface area (Å²) in [6, 6.07) is 9.12. The van der Waals surface area contributed by atoms with Gasteiger partial charge in [0, 0.05) is 44.8 Å². The molecule has 2 aliphatic rings. The lowest BCUT2D eigenvalue weighted by atomic mass is 10.2. The molecule has 2 heterocycles. The first-order chi connectivity index (χ1) is 16.4. The van der Waals surface area contributed by atoms with Crippen molar-refractivity contribution in [1.29, 1.82) is 0 Å². The van der Waals surface area contributed by atoms with Gasteiger partial charge >= 0.3 is 6.03 Å². The summed E-state index contributed by atoms with van der Waals surface area (Å²) in [5.41, 5.74) is 1.37. The van der Waals surface area contributed by atoms with E-state index in [1.165, 1.54) is 17.0 Å². The number of benzene rings is 2. The van der Waals surface area contributed by atoms with Crippen LogP contribution in [0.15, 0.2) is 36.4 Å². The molecule has 0 aliphatic carbocycles. The smallest absolute Gasteiger partial charge is 0.317 e. The standard InChI is InChI=1S/C24H29FN4O5/c1-32-20-8-7-19(22(33-2)23(20)34-3)27-9-11-28(12-10-27)24(31)26-17-14-21(30)29(15-17)18-6-4-5-16(25)13-18/h4-8,13,17H,9-12,14-15H2,1-3H3,(H,26,31). The van der Waals surface area contributed by atoms with Gasteiger partial charge in [0.05, 0.1) is 33.1 Å². The van der Waals surface area contributed by atoms with Gasteiger partial charge in [-0.15, -0.1) is 0 Å². The zero-order chi connectivity index (χ0) is 24.2. The molecule has 2 aromatic rings. The third kappa shape index (κ3) is 4.66. The van der Waals surface area contributed by atoms with Crippen LogP contribution in [0.1, 0.15) is 6.42 Å². The van der Waals surface area contributed by atoms with Gasteiger partial charge in [0.1, 0.15) is 5.82 Å². The molecule has 1 atom stereocenters. The molecule has 2 aromatic carbocycles. The van der Waals surface area contributed by atoms with E-state index >= 15 is 0 Å². The Labute approximate surface area is 198 Å². The normalized spacial score (nSPS) is 18.2. The van der Waals surface area contributed by atoms with Gasteiger partial charge in [-0.05, 0) is 30.3 Å². The van der Waals surface area contributed by atoms with Crippen LogP contribution in [0.25, 0.3) is 0 Å². The highest BCUT2D eigenvalue weighted by Gasteiger charge is 2.33. The molecule has 2 fully saturated rings. The maximum Gasteiger partial charge on any atom is 0.317 e. The number of piperazine rings is 1. The average Bonchev–Trinajstić information content (AvgIpc) is 3.22. The van der Waals surface area contributed by atoms with Crippen molar-refractivity contribution in [3.63, 3.8) is 0 Å². The van der Waals surface area contributed by atoms with Gasteiger partial charge in [-0.25, -0.2) is 9.18 Å². The third-order valence-electron chi connectivity index (χ3n) is 6.16. The molecule has 0 bridgehead atoms. The van der Waals surface area contributed by atoms with Crippen LogP contribution >= 0.6 is 0 Å². The lowest BCUT2D eigenvalue weighted by Crippen LogP contribution is -2.54. The van der Waals surface area contributed by atoms with Crippen LogP contribution in [0, 0.1) is 5.82 Å². The molecule has 4 rings (SSSR count).